The first kappa shape index (κ1) is 20.2. The molecule has 0 fully saturated rings. The molecule has 0 aromatic heterocycles. The van der Waals surface area contributed by atoms with E-state index >= 15 is 0 Å². The van der Waals surface area contributed by atoms with Gasteiger partial charge in [-0.15, -0.1) is 0 Å². The van der Waals surface area contributed by atoms with E-state index in [1.165, 1.54) is 25.0 Å². The van der Waals surface area contributed by atoms with E-state index in [4.69, 9.17) is 4.74 Å². The van der Waals surface area contributed by atoms with E-state index in [0.717, 1.165) is 25.2 Å². The number of rotatable bonds is 10. The summed E-state index contributed by atoms with van der Waals surface area (Å²) in [6.45, 7) is 8.49. The van der Waals surface area contributed by atoms with Crippen molar-refractivity contribution in [2.24, 2.45) is 11.8 Å². The van der Waals surface area contributed by atoms with Gasteiger partial charge in [0.25, 0.3) is 0 Å². The van der Waals surface area contributed by atoms with E-state index in [-0.39, 0.29) is 23.1 Å². The van der Waals surface area contributed by atoms with Crippen LogP contribution in [0.25, 0.3) is 0 Å². The number of esters is 1. The average Bonchev–Trinajstić information content (AvgIpc) is 2.52. The summed E-state index contributed by atoms with van der Waals surface area (Å²) in [6.07, 6.45) is 5.19. The van der Waals surface area contributed by atoms with Crippen LogP contribution in [0.4, 0.5) is 0 Å². The topological polar surface area (TPSA) is 63.6 Å². The van der Waals surface area contributed by atoms with Crippen LogP contribution in [0.15, 0.2) is 24.3 Å². The third kappa shape index (κ3) is 6.73. The van der Waals surface area contributed by atoms with Crippen molar-refractivity contribution in [3.05, 3.63) is 35.4 Å². The molecule has 0 heterocycles. The van der Waals surface area contributed by atoms with E-state index in [9.17, 15) is 14.7 Å². The van der Waals surface area contributed by atoms with Crippen molar-refractivity contribution in [3.63, 3.8) is 0 Å². The molecule has 0 radical (unpaired) electrons. The van der Waals surface area contributed by atoms with Gasteiger partial charge in [-0.25, -0.2) is 9.59 Å². The smallest absolute Gasteiger partial charge is 0.339 e. The van der Waals surface area contributed by atoms with Crippen molar-refractivity contribution in [2.75, 3.05) is 0 Å². The van der Waals surface area contributed by atoms with Crippen LogP contribution in [0, 0.1) is 11.8 Å². The molecule has 4 heteroatoms. The molecule has 1 aromatic rings. The minimum atomic E-state index is -1.11. The molecule has 0 saturated heterocycles. The summed E-state index contributed by atoms with van der Waals surface area (Å²) in [7, 11) is 0. The fourth-order valence-corrected chi connectivity index (χ4v) is 2.65. The maximum atomic E-state index is 12.4. The lowest BCUT2D eigenvalue weighted by molar-refractivity contribution is 0.0147. The highest BCUT2D eigenvalue weighted by Gasteiger charge is 2.22. The highest BCUT2D eigenvalue weighted by atomic mass is 16.5. The molecule has 24 heavy (non-hydrogen) atoms. The zero-order valence-electron chi connectivity index (χ0n) is 15.2. The minimum absolute atomic E-state index is 0.0121. The summed E-state index contributed by atoms with van der Waals surface area (Å²) in [4.78, 5) is 23.6. The number of carboxylic acids is 1. The van der Waals surface area contributed by atoms with Crippen LogP contribution in [-0.4, -0.2) is 23.1 Å². The molecule has 0 aliphatic rings. The summed E-state index contributed by atoms with van der Waals surface area (Å²) in [5.74, 6) is -0.738. The minimum Gasteiger partial charge on any atom is -0.478 e. The van der Waals surface area contributed by atoms with E-state index in [1.807, 2.05) is 13.8 Å². The van der Waals surface area contributed by atoms with Crippen LogP contribution in [0.1, 0.15) is 80.5 Å². The summed E-state index contributed by atoms with van der Waals surface area (Å²) >= 11 is 0. The van der Waals surface area contributed by atoms with Gasteiger partial charge in [-0.05, 0) is 36.8 Å². The number of unbranched alkanes of at least 4 members (excludes halogenated alkanes) is 2. The lowest BCUT2D eigenvalue weighted by Crippen LogP contribution is -2.25. The molecule has 0 aliphatic carbocycles. The molecule has 4 nitrogen and oxygen atoms in total. The first-order valence-corrected chi connectivity index (χ1v) is 8.86. The SMILES string of the molecule is CC(C)CCCCCC(OC(=O)c1ccccc1C(=O)O)C(C)C. The predicted molar refractivity (Wildman–Crippen MR) is 95.4 cm³/mol. The predicted octanol–water partition coefficient (Wildman–Crippen LogP) is 5.17. The fourth-order valence-electron chi connectivity index (χ4n) is 2.65. The normalized spacial score (nSPS) is 12.4. The summed E-state index contributed by atoms with van der Waals surface area (Å²) in [5, 5.41) is 9.20. The number of aromatic carboxylic acids is 1. The Morgan fingerprint density at radius 3 is 2.08 bits per heavy atom. The number of ether oxygens (including phenoxy) is 1. The number of hydrogen-bond acceptors (Lipinski definition) is 3. The lowest BCUT2D eigenvalue weighted by Gasteiger charge is -2.22. The van der Waals surface area contributed by atoms with Crippen LogP contribution < -0.4 is 0 Å². The van der Waals surface area contributed by atoms with Gasteiger partial charge in [0.05, 0.1) is 11.1 Å². The van der Waals surface area contributed by atoms with Gasteiger partial charge >= 0.3 is 11.9 Å². The highest BCUT2D eigenvalue weighted by molar-refractivity contribution is 6.02. The molecule has 1 rings (SSSR count). The maximum absolute atomic E-state index is 12.4. The standard InChI is InChI=1S/C20H30O4/c1-14(2)10-6-5-7-13-18(15(3)4)24-20(23)17-12-9-8-11-16(17)19(21)22/h8-9,11-12,14-15,18H,5-7,10,13H2,1-4H3,(H,21,22). The van der Waals surface area contributed by atoms with Crippen molar-refractivity contribution in [1.29, 1.82) is 0 Å². The van der Waals surface area contributed by atoms with Gasteiger partial charge in [-0.2, -0.15) is 0 Å². The second-order valence-corrected chi connectivity index (χ2v) is 7.07. The van der Waals surface area contributed by atoms with Crippen LogP contribution in [0.3, 0.4) is 0 Å². The van der Waals surface area contributed by atoms with Crippen molar-refractivity contribution < 1.29 is 19.4 Å². The molecule has 1 aromatic carbocycles. The Balaban J connectivity index is 2.62. The highest BCUT2D eigenvalue weighted by Crippen LogP contribution is 2.20. The van der Waals surface area contributed by atoms with Gasteiger partial charge in [0, 0.05) is 0 Å². The first-order chi connectivity index (χ1) is 11.3. The van der Waals surface area contributed by atoms with Crippen LogP contribution >= 0.6 is 0 Å². The van der Waals surface area contributed by atoms with E-state index in [1.54, 1.807) is 12.1 Å². The zero-order valence-corrected chi connectivity index (χ0v) is 15.2. The van der Waals surface area contributed by atoms with Crippen LogP contribution in [-0.2, 0) is 4.74 Å². The number of carboxylic acid groups (broad SMARTS) is 1. The molecule has 0 saturated carbocycles. The third-order valence-electron chi connectivity index (χ3n) is 4.15. The van der Waals surface area contributed by atoms with E-state index in [2.05, 4.69) is 13.8 Å². The van der Waals surface area contributed by atoms with Crippen molar-refractivity contribution in [1.82, 2.24) is 0 Å². The van der Waals surface area contributed by atoms with E-state index in [0.29, 0.717) is 0 Å². The lowest BCUT2D eigenvalue weighted by atomic mass is 9.98. The Kier molecular flexibility index (Phi) is 8.51. The Labute approximate surface area is 145 Å². The summed E-state index contributed by atoms with van der Waals surface area (Å²) < 4.78 is 5.61. The fraction of sp³-hybridized carbons (Fsp3) is 0.600. The van der Waals surface area contributed by atoms with Crippen molar-refractivity contribution in [3.8, 4) is 0 Å². The van der Waals surface area contributed by atoms with E-state index < -0.39 is 11.9 Å². The molecule has 0 aliphatic heterocycles. The second kappa shape index (κ2) is 10.1. The van der Waals surface area contributed by atoms with Gasteiger partial charge < -0.3 is 9.84 Å². The average molecular weight is 334 g/mol. The Hall–Kier alpha value is -1.84. The van der Waals surface area contributed by atoms with Gasteiger partial charge in [-0.3, -0.25) is 0 Å². The second-order valence-electron chi connectivity index (χ2n) is 7.07. The molecule has 134 valence electrons. The van der Waals surface area contributed by atoms with Gasteiger partial charge in [0.1, 0.15) is 6.10 Å². The van der Waals surface area contributed by atoms with Gasteiger partial charge in [0.2, 0.25) is 0 Å². The third-order valence-corrected chi connectivity index (χ3v) is 4.15. The quantitative estimate of drug-likeness (QED) is 0.473. The van der Waals surface area contributed by atoms with Crippen LogP contribution in [0.5, 0.6) is 0 Å². The molecule has 0 spiro atoms. The van der Waals surface area contributed by atoms with Crippen LogP contribution in [0.2, 0.25) is 0 Å². The number of carbonyl (C=O) groups excluding carboxylic acids is 1. The molecule has 0 amide bonds. The number of hydrogen-bond donors (Lipinski definition) is 1. The molecule has 0 bridgehead atoms. The Morgan fingerprint density at radius 1 is 0.958 bits per heavy atom. The van der Waals surface area contributed by atoms with Gasteiger partial charge in [0.15, 0.2) is 0 Å². The van der Waals surface area contributed by atoms with Crippen molar-refractivity contribution >= 4 is 11.9 Å². The Bertz CT molecular complexity index is 534. The Morgan fingerprint density at radius 2 is 1.54 bits per heavy atom. The molecule has 1 atom stereocenters. The monoisotopic (exact) mass is 334 g/mol. The van der Waals surface area contributed by atoms with Gasteiger partial charge in [-0.1, -0.05) is 59.1 Å². The zero-order chi connectivity index (χ0) is 18.1. The first-order valence-electron chi connectivity index (χ1n) is 8.86. The molecular weight excluding hydrogens is 304 g/mol. The largest absolute Gasteiger partial charge is 0.478 e. The number of carbonyl (C=O) groups is 2. The molecule has 1 N–H and O–H groups in total. The number of benzene rings is 1. The maximum Gasteiger partial charge on any atom is 0.339 e. The molecular formula is C20H30O4. The summed E-state index contributed by atoms with van der Waals surface area (Å²) in [5.41, 5.74) is 0.109. The molecule has 1 unspecified atom stereocenters. The summed E-state index contributed by atoms with van der Waals surface area (Å²) in [6, 6.07) is 6.19. The van der Waals surface area contributed by atoms with Crippen molar-refractivity contribution in [2.45, 2.75) is 65.9 Å².